The summed E-state index contributed by atoms with van der Waals surface area (Å²) in [5.41, 5.74) is 5.67. The maximum atomic E-state index is 12.4. The van der Waals surface area contributed by atoms with E-state index in [-0.39, 0.29) is 12.5 Å². The third-order valence-electron chi connectivity index (χ3n) is 5.44. The van der Waals surface area contributed by atoms with E-state index in [0.717, 1.165) is 50.4 Å². The molecule has 1 heterocycles. The summed E-state index contributed by atoms with van der Waals surface area (Å²) in [6, 6.07) is 14.5. The molecule has 1 fully saturated rings. The van der Waals surface area contributed by atoms with Crippen molar-refractivity contribution in [2.24, 2.45) is 0 Å². The highest BCUT2D eigenvalue weighted by atomic mass is 16.1. The van der Waals surface area contributed by atoms with E-state index < -0.39 is 0 Å². The number of aryl methyl sites for hydroxylation is 2. The molecular weight excluding hydrogens is 348 g/mol. The molecule has 0 aromatic heterocycles. The van der Waals surface area contributed by atoms with E-state index in [4.69, 9.17) is 0 Å². The van der Waals surface area contributed by atoms with Gasteiger partial charge >= 0.3 is 0 Å². The predicted molar refractivity (Wildman–Crippen MR) is 118 cm³/mol. The lowest BCUT2D eigenvalue weighted by atomic mass is 10.0. The minimum absolute atomic E-state index is 0.0275. The van der Waals surface area contributed by atoms with E-state index in [1.54, 1.807) is 0 Å². The third-order valence-corrected chi connectivity index (χ3v) is 5.44. The highest BCUT2D eigenvalue weighted by Gasteiger charge is 2.14. The molecule has 0 radical (unpaired) electrons. The second-order valence-electron chi connectivity index (χ2n) is 7.40. The standard InChI is InChI=1S/C23H32N4O/c1-4-18-7-6-8-19(5-2)23(18)24-17-22(28)25-20-9-11-21(12-10-20)27-15-13-26(3)14-16-27/h6-12,24H,4-5,13-17H2,1-3H3,(H,25,28). The van der Waals surface area contributed by atoms with Crippen molar-refractivity contribution in [3.8, 4) is 0 Å². The summed E-state index contributed by atoms with van der Waals surface area (Å²) in [6.07, 6.45) is 1.90. The van der Waals surface area contributed by atoms with Gasteiger partial charge in [-0.3, -0.25) is 4.79 Å². The van der Waals surface area contributed by atoms with Crippen molar-refractivity contribution in [1.29, 1.82) is 0 Å². The summed E-state index contributed by atoms with van der Waals surface area (Å²) in [5, 5.41) is 6.34. The van der Waals surface area contributed by atoms with Crippen molar-refractivity contribution in [3.63, 3.8) is 0 Å². The first-order valence-corrected chi connectivity index (χ1v) is 10.3. The summed E-state index contributed by atoms with van der Waals surface area (Å²) in [6.45, 7) is 8.81. The Morgan fingerprint density at radius 3 is 2.11 bits per heavy atom. The number of amides is 1. The monoisotopic (exact) mass is 380 g/mol. The predicted octanol–water partition coefficient (Wildman–Crippen LogP) is 3.61. The van der Waals surface area contributed by atoms with Crippen molar-refractivity contribution in [1.82, 2.24) is 4.90 Å². The van der Waals surface area contributed by atoms with Gasteiger partial charge < -0.3 is 20.4 Å². The van der Waals surface area contributed by atoms with Crippen LogP contribution in [0.25, 0.3) is 0 Å². The van der Waals surface area contributed by atoms with Crippen LogP contribution in [0.5, 0.6) is 0 Å². The van der Waals surface area contributed by atoms with Gasteiger partial charge in [0.15, 0.2) is 0 Å². The van der Waals surface area contributed by atoms with E-state index in [1.807, 2.05) is 12.1 Å². The molecule has 1 aliphatic rings. The topological polar surface area (TPSA) is 47.6 Å². The first-order valence-electron chi connectivity index (χ1n) is 10.3. The molecule has 0 unspecified atom stereocenters. The molecule has 28 heavy (non-hydrogen) atoms. The first kappa shape index (κ1) is 20.2. The molecule has 1 aliphatic heterocycles. The van der Waals surface area contributed by atoms with Gasteiger partial charge in [0.05, 0.1) is 6.54 Å². The molecule has 0 bridgehead atoms. The zero-order valence-electron chi connectivity index (χ0n) is 17.3. The Morgan fingerprint density at radius 2 is 1.54 bits per heavy atom. The molecule has 5 heteroatoms. The van der Waals surface area contributed by atoms with Gasteiger partial charge in [-0.05, 0) is 55.3 Å². The summed E-state index contributed by atoms with van der Waals surface area (Å²) >= 11 is 0. The number of likely N-dealkylation sites (N-methyl/N-ethyl adjacent to an activating group) is 1. The number of hydrogen-bond donors (Lipinski definition) is 2. The fourth-order valence-corrected chi connectivity index (χ4v) is 3.66. The van der Waals surface area contributed by atoms with Crippen molar-refractivity contribution >= 4 is 23.0 Å². The first-order chi connectivity index (χ1) is 13.6. The Morgan fingerprint density at radius 1 is 0.929 bits per heavy atom. The van der Waals surface area contributed by atoms with E-state index in [1.165, 1.54) is 16.8 Å². The summed E-state index contributed by atoms with van der Waals surface area (Å²) in [7, 11) is 2.16. The number of anilines is 3. The number of para-hydroxylation sites is 1. The fraction of sp³-hybridized carbons (Fsp3) is 0.435. The van der Waals surface area contributed by atoms with Gasteiger partial charge in [0.2, 0.25) is 5.91 Å². The number of piperazine rings is 1. The zero-order chi connectivity index (χ0) is 19.9. The van der Waals surface area contributed by atoms with E-state index in [0.29, 0.717) is 0 Å². The van der Waals surface area contributed by atoms with Gasteiger partial charge in [-0.25, -0.2) is 0 Å². The molecule has 0 atom stereocenters. The molecule has 1 amide bonds. The van der Waals surface area contributed by atoms with Crippen LogP contribution in [-0.2, 0) is 17.6 Å². The second-order valence-corrected chi connectivity index (χ2v) is 7.40. The van der Waals surface area contributed by atoms with Gasteiger partial charge in [0.1, 0.15) is 0 Å². The van der Waals surface area contributed by atoms with Crippen LogP contribution in [0.3, 0.4) is 0 Å². The Bertz CT molecular complexity index is 757. The lowest BCUT2D eigenvalue weighted by Gasteiger charge is -2.34. The number of nitrogens with one attached hydrogen (secondary N) is 2. The minimum Gasteiger partial charge on any atom is -0.376 e. The average Bonchev–Trinajstić information content (AvgIpc) is 2.73. The zero-order valence-corrected chi connectivity index (χ0v) is 17.3. The molecule has 2 aromatic carbocycles. The fourth-order valence-electron chi connectivity index (χ4n) is 3.66. The van der Waals surface area contributed by atoms with Gasteiger partial charge in [0.25, 0.3) is 0 Å². The van der Waals surface area contributed by atoms with Crippen LogP contribution in [0, 0.1) is 0 Å². The molecule has 5 nitrogen and oxygen atoms in total. The Labute approximate surface area is 168 Å². The van der Waals surface area contributed by atoms with Crippen molar-refractivity contribution in [2.75, 3.05) is 55.3 Å². The Hall–Kier alpha value is -2.53. The normalized spacial score (nSPS) is 14.8. The second kappa shape index (κ2) is 9.60. The van der Waals surface area contributed by atoms with Gasteiger partial charge in [-0.15, -0.1) is 0 Å². The Kier molecular flexibility index (Phi) is 6.93. The number of nitrogens with zero attached hydrogens (tertiary/aromatic N) is 2. The molecule has 3 rings (SSSR count). The quantitative estimate of drug-likeness (QED) is 0.770. The molecule has 0 spiro atoms. The third kappa shape index (κ3) is 5.04. The number of carbonyl (C=O) groups excluding carboxylic acids is 1. The van der Waals surface area contributed by atoms with Crippen molar-refractivity contribution in [3.05, 3.63) is 53.6 Å². The highest BCUT2D eigenvalue weighted by molar-refractivity contribution is 5.94. The maximum absolute atomic E-state index is 12.4. The molecule has 2 aromatic rings. The number of hydrogen-bond acceptors (Lipinski definition) is 4. The highest BCUT2D eigenvalue weighted by Crippen LogP contribution is 2.23. The van der Waals surface area contributed by atoms with E-state index in [9.17, 15) is 4.79 Å². The summed E-state index contributed by atoms with van der Waals surface area (Å²) < 4.78 is 0. The minimum atomic E-state index is -0.0275. The van der Waals surface area contributed by atoms with Crippen LogP contribution in [-0.4, -0.2) is 50.6 Å². The molecule has 0 saturated carbocycles. The van der Waals surface area contributed by atoms with Crippen LogP contribution < -0.4 is 15.5 Å². The van der Waals surface area contributed by atoms with Crippen LogP contribution >= 0.6 is 0 Å². The number of carbonyl (C=O) groups is 1. The largest absolute Gasteiger partial charge is 0.376 e. The maximum Gasteiger partial charge on any atom is 0.243 e. The number of rotatable bonds is 7. The summed E-state index contributed by atoms with van der Waals surface area (Å²) in [5.74, 6) is -0.0275. The molecule has 2 N–H and O–H groups in total. The van der Waals surface area contributed by atoms with E-state index >= 15 is 0 Å². The van der Waals surface area contributed by atoms with Gasteiger partial charge in [-0.2, -0.15) is 0 Å². The molecule has 0 aliphatic carbocycles. The molecule has 1 saturated heterocycles. The van der Waals surface area contributed by atoms with Crippen molar-refractivity contribution in [2.45, 2.75) is 26.7 Å². The lowest BCUT2D eigenvalue weighted by Crippen LogP contribution is -2.44. The molecular formula is C23H32N4O. The van der Waals surface area contributed by atoms with Crippen LogP contribution in [0.4, 0.5) is 17.1 Å². The van der Waals surface area contributed by atoms with E-state index in [2.05, 4.69) is 71.7 Å². The SMILES string of the molecule is CCc1cccc(CC)c1NCC(=O)Nc1ccc(N2CCN(C)CC2)cc1. The van der Waals surface area contributed by atoms with Crippen LogP contribution in [0.15, 0.2) is 42.5 Å². The lowest BCUT2D eigenvalue weighted by molar-refractivity contribution is -0.114. The molecule has 150 valence electrons. The number of benzene rings is 2. The average molecular weight is 381 g/mol. The summed E-state index contributed by atoms with van der Waals surface area (Å²) in [4.78, 5) is 17.2. The van der Waals surface area contributed by atoms with Gasteiger partial charge in [0, 0.05) is 43.2 Å². The van der Waals surface area contributed by atoms with Crippen molar-refractivity contribution < 1.29 is 4.79 Å². The smallest absolute Gasteiger partial charge is 0.243 e. The van der Waals surface area contributed by atoms with Crippen LogP contribution in [0.1, 0.15) is 25.0 Å². The van der Waals surface area contributed by atoms with Gasteiger partial charge in [-0.1, -0.05) is 32.0 Å². The Balaban J connectivity index is 1.55. The van der Waals surface area contributed by atoms with Crippen LogP contribution in [0.2, 0.25) is 0 Å².